The molecule has 3 rings (SSSR count). The number of nitrogens with zero attached hydrogens (tertiary/aromatic N) is 4. The van der Waals surface area contributed by atoms with Gasteiger partial charge in [-0.2, -0.15) is 0 Å². The van der Waals surface area contributed by atoms with Gasteiger partial charge in [-0.15, -0.1) is 0 Å². The molecule has 2 heterocycles. The Bertz CT molecular complexity index is 1040. The lowest BCUT2D eigenvalue weighted by molar-refractivity contribution is -0.383. The number of aromatic nitrogens is 3. The van der Waals surface area contributed by atoms with Crippen LogP contribution in [0.5, 0.6) is 0 Å². The molecule has 0 aliphatic heterocycles. The van der Waals surface area contributed by atoms with Crippen molar-refractivity contribution >= 4 is 34.8 Å². The minimum Gasteiger partial charge on any atom is -0.462 e. The van der Waals surface area contributed by atoms with Gasteiger partial charge in [-0.3, -0.25) is 10.1 Å². The summed E-state index contributed by atoms with van der Waals surface area (Å²) in [7, 11) is 0. The Balaban J connectivity index is 1.98. The molecule has 0 spiro atoms. The van der Waals surface area contributed by atoms with Gasteiger partial charge in [-0.1, -0.05) is 18.2 Å². The van der Waals surface area contributed by atoms with E-state index in [-0.39, 0.29) is 29.5 Å². The van der Waals surface area contributed by atoms with Crippen LogP contribution in [-0.4, -0.2) is 32.5 Å². The van der Waals surface area contributed by atoms with Gasteiger partial charge in [0.2, 0.25) is 11.6 Å². The van der Waals surface area contributed by atoms with Crippen LogP contribution in [0.4, 0.5) is 28.8 Å². The van der Waals surface area contributed by atoms with Gasteiger partial charge in [-0.25, -0.2) is 19.7 Å². The van der Waals surface area contributed by atoms with Gasteiger partial charge >= 0.3 is 11.7 Å². The number of benzene rings is 1. The highest BCUT2D eigenvalue weighted by Crippen LogP contribution is 2.33. The van der Waals surface area contributed by atoms with Crippen LogP contribution >= 0.6 is 0 Å². The molecule has 10 nitrogen and oxygen atoms in total. The van der Waals surface area contributed by atoms with E-state index in [9.17, 15) is 14.9 Å². The standard InChI is InChI=1S/C19H18N6O4/c1-3-29-19(26)13-6-4-5-7-14(13)23-17-16(25(27)28)18(22-11-21-17)24-15-9-8-12(2)10-20-15/h4-11H,3H2,1-2H3,(H2,20,21,22,23,24). The van der Waals surface area contributed by atoms with Gasteiger partial charge in [-0.05, 0) is 37.6 Å². The normalized spacial score (nSPS) is 10.3. The average Bonchev–Trinajstić information content (AvgIpc) is 2.70. The van der Waals surface area contributed by atoms with E-state index in [2.05, 4.69) is 25.6 Å². The summed E-state index contributed by atoms with van der Waals surface area (Å²) in [6, 6.07) is 10.0. The molecule has 0 fully saturated rings. The minimum atomic E-state index is -0.605. The fourth-order valence-corrected chi connectivity index (χ4v) is 2.50. The molecule has 0 saturated heterocycles. The highest BCUT2D eigenvalue weighted by atomic mass is 16.6. The summed E-state index contributed by atoms with van der Waals surface area (Å²) in [5.74, 6) is -0.251. The molecule has 29 heavy (non-hydrogen) atoms. The third kappa shape index (κ3) is 4.61. The van der Waals surface area contributed by atoms with E-state index in [0.29, 0.717) is 11.5 Å². The fraction of sp³-hybridized carbons (Fsp3) is 0.158. The Morgan fingerprint density at radius 2 is 1.83 bits per heavy atom. The van der Waals surface area contributed by atoms with Crippen molar-refractivity contribution in [3.05, 3.63) is 70.2 Å². The van der Waals surface area contributed by atoms with Crippen LogP contribution < -0.4 is 10.6 Å². The lowest BCUT2D eigenvalue weighted by Gasteiger charge is -2.12. The first-order chi connectivity index (χ1) is 14.0. The predicted octanol–water partition coefficient (Wildman–Crippen LogP) is 3.75. The first-order valence-electron chi connectivity index (χ1n) is 8.71. The number of anilines is 4. The third-order valence-corrected chi connectivity index (χ3v) is 3.84. The number of para-hydroxylation sites is 1. The largest absolute Gasteiger partial charge is 0.462 e. The Morgan fingerprint density at radius 1 is 1.10 bits per heavy atom. The molecule has 148 valence electrons. The Kier molecular flexibility index (Phi) is 5.93. The highest BCUT2D eigenvalue weighted by molar-refractivity contribution is 5.97. The number of carbonyl (C=O) groups is 1. The second-order valence-corrected chi connectivity index (χ2v) is 5.91. The van der Waals surface area contributed by atoms with Crippen molar-refractivity contribution in [2.75, 3.05) is 17.2 Å². The Labute approximate surface area is 166 Å². The first-order valence-corrected chi connectivity index (χ1v) is 8.71. The number of nitro groups is 1. The predicted molar refractivity (Wildman–Crippen MR) is 107 cm³/mol. The van der Waals surface area contributed by atoms with E-state index in [0.717, 1.165) is 5.56 Å². The zero-order valence-corrected chi connectivity index (χ0v) is 15.7. The van der Waals surface area contributed by atoms with Crippen molar-refractivity contribution in [3.63, 3.8) is 0 Å². The third-order valence-electron chi connectivity index (χ3n) is 3.84. The minimum absolute atomic E-state index is 0.0301. The molecule has 0 saturated carbocycles. The number of esters is 1. The molecule has 0 aliphatic carbocycles. The molecule has 0 aliphatic rings. The molecule has 0 bridgehead atoms. The molecule has 3 aromatic rings. The Hall–Kier alpha value is -4.08. The van der Waals surface area contributed by atoms with E-state index >= 15 is 0 Å². The van der Waals surface area contributed by atoms with Gasteiger partial charge in [0, 0.05) is 6.20 Å². The van der Waals surface area contributed by atoms with Crippen LogP contribution in [0.3, 0.4) is 0 Å². The number of pyridine rings is 1. The van der Waals surface area contributed by atoms with Crippen molar-refractivity contribution < 1.29 is 14.5 Å². The smallest absolute Gasteiger partial charge is 0.353 e. The molecule has 1 aromatic carbocycles. The quantitative estimate of drug-likeness (QED) is 0.349. The maximum absolute atomic E-state index is 12.2. The average molecular weight is 394 g/mol. The van der Waals surface area contributed by atoms with Crippen molar-refractivity contribution in [1.29, 1.82) is 0 Å². The summed E-state index contributed by atoms with van der Waals surface area (Å²) in [6.45, 7) is 3.78. The zero-order valence-electron chi connectivity index (χ0n) is 15.7. The number of hydrogen-bond acceptors (Lipinski definition) is 9. The summed E-state index contributed by atoms with van der Waals surface area (Å²) >= 11 is 0. The number of aryl methyl sites for hydroxylation is 1. The van der Waals surface area contributed by atoms with E-state index in [1.807, 2.05) is 13.0 Å². The number of rotatable bonds is 7. The second-order valence-electron chi connectivity index (χ2n) is 5.91. The maximum atomic E-state index is 12.2. The Morgan fingerprint density at radius 3 is 2.48 bits per heavy atom. The molecule has 2 N–H and O–H groups in total. The molecule has 2 aromatic heterocycles. The molecular formula is C19H18N6O4. The van der Waals surface area contributed by atoms with Gasteiger partial charge in [0.05, 0.1) is 22.8 Å². The van der Waals surface area contributed by atoms with Crippen molar-refractivity contribution in [1.82, 2.24) is 15.0 Å². The lowest BCUT2D eigenvalue weighted by Crippen LogP contribution is -2.10. The zero-order chi connectivity index (χ0) is 20.8. The SMILES string of the molecule is CCOC(=O)c1ccccc1Nc1ncnc(Nc2ccc(C)cn2)c1[N+](=O)[O-]. The lowest BCUT2D eigenvalue weighted by atomic mass is 10.2. The van der Waals surface area contributed by atoms with E-state index in [4.69, 9.17) is 4.74 Å². The summed E-state index contributed by atoms with van der Waals surface area (Å²) in [5, 5.41) is 17.4. The van der Waals surface area contributed by atoms with Crippen LogP contribution in [0.15, 0.2) is 48.9 Å². The van der Waals surface area contributed by atoms with Crippen molar-refractivity contribution in [2.24, 2.45) is 0 Å². The fourth-order valence-electron chi connectivity index (χ4n) is 2.50. The molecule has 10 heteroatoms. The van der Waals surface area contributed by atoms with Crippen LogP contribution in [0.25, 0.3) is 0 Å². The molecule has 0 radical (unpaired) electrons. The second kappa shape index (κ2) is 8.74. The molecule has 0 amide bonds. The molecule has 0 unspecified atom stereocenters. The van der Waals surface area contributed by atoms with Gasteiger partial charge in [0.15, 0.2) is 0 Å². The number of ether oxygens (including phenoxy) is 1. The summed E-state index contributed by atoms with van der Waals surface area (Å²) in [5.41, 5.74) is 1.13. The summed E-state index contributed by atoms with van der Waals surface area (Å²) < 4.78 is 5.03. The van der Waals surface area contributed by atoms with E-state index in [1.54, 1.807) is 43.5 Å². The van der Waals surface area contributed by atoms with Crippen LogP contribution in [0.1, 0.15) is 22.8 Å². The monoisotopic (exact) mass is 394 g/mol. The number of carbonyl (C=O) groups excluding carboxylic acids is 1. The van der Waals surface area contributed by atoms with Crippen molar-refractivity contribution in [3.8, 4) is 0 Å². The van der Waals surface area contributed by atoms with Crippen LogP contribution in [-0.2, 0) is 4.74 Å². The van der Waals surface area contributed by atoms with Crippen LogP contribution in [0.2, 0.25) is 0 Å². The molecule has 0 atom stereocenters. The van der Waals surface area contributed by atoms with Gasteiger partial charge < -0.3 is 15.4 Å². The number of nitrogens with one attached hydrogen (secondary N) is 2. The maximum Gasteiger partial charge on any atom is 0.353 e. The van der Waals surface area contributed by atoms with Crippen LogP contribution in [0, 0.1) is 17.0 Å². The highest BCUT2D eigenvalue weighted by Gasteiger charge is 2.25. The summed E-state index contributed by atoms with van der Waals surface area (Å²) in [6.07, 6.45) is 2.81. The van der Waals surface area contributed by atoms with E-state index in [1.165, 1.54) is 6.33 Å². The van der Waals surface area contributed by atoms with Gasteiger partial charge in [0.25, 0.3) is 0 Å². The van der Waals surface area contributed by atoms with Crippen molar-refractivity contribution in [2.45, 2.75) is 13.8 Å². The number of hydrogen-bond donors (Lipinski definition) is 2. The summed E-state index contributed by atoms with van der Waals surface area (Å²) in [4.78, 5) is 35.4. The first kappa shape index (κ1) is 19.7. The molecular weight excluding hydrogens is 376 g/mol. The van der Waals surface area contributed by atoms with Gasteiger partial charge in [0.1, 0.15) is 12.1 Å². The topological polar surface area (TPSA) is 132 Å². The van der Waals surface area contributed by atoms with E-state index < -0.39 is 10.9 Å².